The average molecular weight is 566 g/mol. The number of methoxy groups -OCH3 is 1. The molecule has 4 aromatic rings. The Hall–Kier alpha value is -3.96. The molecule has 39 heavy (non-hydrogen) atoms. The van der Waals surface area contributed by atoms with Crippen molar-refractivity contribution in [1.82, 2.24) is 14.9 Å². The van der Waals surface area contributed by atoms with Gasteiger partial charge in [0.05, 0.1) is 36.8 Å². The first kappa shape index (κ1) is 26.6. The van der Waals surface area contributed by atoms with Gasteiger partial charge >= 0.3 is 0 Å². The smallest absolute Gasteiger partial charge is 0.229 e. The first-order valence-electron chi connectivity index (χ1n) is 12.2. The average Bonchev–Trinajstić information content (AvgIpc) is 3.39. The molecule has 0 radical (unpaired) electrons. The van der Waals surface area contributed by atoms with E-state index in [0.29, 0.717) is 16.5 Å². The maximum Gasteiger partial charge on any atom is 0.229 e. The molecule has 8 nitrogen and oxygen atoms in total. The van der Waals surface area contributed by atoms with Gasteiger partial charge < -0.3 is 19.5 Å². The van der Waals surface area contributed by atoms with Crippen LogP contribution in [0.3, 0.4) is 0 Å². The molecule has 1 fully saturated rings. The van der Waals surface area contributed by atoms with Crippen LogP contribution >= 0.6 is 12.2 Å². The summed E-state index contributed by atoms with van der Waals surface area (Å²) in [5, 5.41) is 3.94. The van der Waals surface area contributed by atoms with Crippen LogP contribution < -0.4 is 19.7 Å². The lowest BCUT2D eigenvalue weighted by molar-refractivity contribution is 0.417. The van der Waals surface area contributed by atoms with E-state index < -0.39 is 10.0 Å². The van der Waals surface area contributed by atoms with E-state index in [1.54, 1.807) is 36.5 Å². The normalized spacial score (nSPS) is 17.3. The van der Waals surface area contributed by atoms with Gasteiger partial charge in [0, 0.05) is 35.0 Å². The third kappa shape index (κ3) is 5.19. The number of hydrogen-bond acceptors (Lipinski definition) is 5. The lowest BCUT2D eigenvalue weighted by atomic mass is 9.96. The summed E-state index contributed by atoms with van der Waals surface area (Å²) in [4.78, 5) is 6.61. The van der Waals surface area contributed by atoms with Gasteiger partial charge in [-0.15, -0.1) is 0 Å². The fraction of sp³-hybridized carbons (Fsp3) is 0.214. The molecular formula is C28H28FN5O3S2. The SMILES string of the molecule is COc1cc(N2C(=S)NC(c3ccccn3)C2c2cc(C)n(-c3ccc(F)cc3)c2C)ccc1NS(C)(=O)=O. The molecule has 0 spiro atoms. The van der Waals surface area contributed by atoms with E-state index in [1.807, 2.05) is 36.9 Å². The van der Waals surface area contributed by atoms with Gasteiger partial charge in [0.25, 0.3) is 0 Å². The van der Waals surface area contributed by atoms with E-state index in [4.69, 9.17) is 17.0 Å². The summed E-state index contributed by atoms with van der Waals surface area (Å²) in [5.41, 5.74) is 5.69. The molecule has 5 rings (SSSR count). The Morgan fingerprint density at radius 1 is 1.05 bits per heavy atom. The highest BCUT2D eigenvalue weighted by atomic mass is 32.2. The monoisotopic (exact) mass is 565 g/mol. The highest BCUT2D eigenvalue weighted by molar-refractivity contribution is 7.92. The van der Waals surface area contributed by atoms with Gasteiger partial charge in [0.2, 0.25) is 10.0 Å². The van der Waals surface area contributed by atoms with Crippen molar-refractivity contribution in [3.63, 3.8) is 0 Å². The van der Waals surface area contributed by atoms with Crippen molar-refractivity contribution < 1.29 is 17.5 Å². The summed E-state index contributed by atoms with van der Waals surface area (Å²) in [7, 11) is -2.02. The second-order valence-corrected chi connectivity index (χ2v) is 11.5. The van der Waals surface area contributed by atoms with Gasteiger partial charge in [-0.2, -0.15) is 0 Å². The Morgan fingerprint density at radius 2 is 1.77 bits per heavy atom. The van der Waals surface area contributed by atoms with Crippen LogP contribution in [0.2, 0.25) is 0 Å². The number of hydrogen-bond donors (Lipinski definition) is 2. The Bertz CT molecular complexity index is 1640. The number of sulfonamides is 1. The zero-order valence-corrected chi connectivity index (χ0v) is 23.5. The summed E-state index contributed by atoms with van der Waals surface area (Å²) in [5.74, 6) is 0.0634. The molecule has 0 aliphatic carbocycles. The second kappa shape index (κ2) is 10.3. The molecule has 0 saturated carbocycles. The van der Waals surface area contributed by atoms with Crippen molar-refractivity contribution in [3.05, 3.63) is 101 Å². The molecule has 1 saturated heterocycles. The van der Waals surface area contributed by atoms with E-state index in [-0.39, 0.29) is 17.9 Å². The maximum atomic E-state index is 13.7. The van der Waals surface area contributed by atoms with Gasteiger partial charge in [-0.25, -0.2) is 12.8 Å². The van der Waals surface area contributed by atoms with E-state index in [2.05, 4.69) is 25.7 Å². The van der Waals surface area contributed by atoms with Gasteiger partial charge in [0.15, 0.2) is 5.11 Å². The topological polar surface area (TPSA) is 88.5 Å². The molecule has 3 heterocycles. The molecule has 0 amide bonds. The number of benzene rings is 2. The highest BCUT2D eigenvalue weighted by Crippen LogP contribution is 2.45. The Balaban J connectivity index is 1.66. The van der Waals surface area contributed by atoms with Crippen molar-refractivity contribution in [3.8, 4) is 11.4 Å². The van der Waals surface area contributed by atoms with Crippen LogP contribution in [0, 0.1) is 19.7 Å². The number of rotatable bonds is 7. The highest BCUT2D eigenvalue weighted by Gasteiger charge is 2.42. The van der Waals surface area contributed by atoms with Crippen LogP contribution in [0.25, 0.3) is 5.69 Å². The molecule has 0 bridgehead atoms. The minimum Gasteiger partial charge on any atom is -0.494 e. The van der Waals surface area contributed by atoms with E-state index in [0.717, 1.165) is 40.3 Å². The standard InChI is InChI=1S/C28H28FN5O3S2/c1-17-15-22(18(2)33(17)20-10-8-19(29)9-11-20)27-26(24-7-5-6-14-30-24)31-28(38)34(27)21-12-13-23(25(16-21)37-3)32-39(4,35)36/h5-16,26-27,32H,1-4H3,(H,31,38). The van der Waals surface area contributed by atoms with Crippen LogP contribution in [0.1, 0.15) is 34.7 Å². The molecule has 2 atom stereocenters. The van der Waals surface area contributed by atoms with Crippen LogP contribution in [-0.2, 0) is 10.0 Å². The summed E-state index contributed by atoms with van der Waals surface area (Å²) in [6.07, 6.45) is 2.83. The number of aryl methyl sites for hydroxylation is 1. The molecule has 1 aliphatic heterocycles. The maximum absolute atomic E-state index is 13.7. The number of ether oxygens (including phenoxy) is 1. The van der Waals surface area contributed by atoms with Crippen molar-refractivity contribution in [1.29, 1.82) is 0 Å². The number of aromatic nitrogens is 2. The molecule has 1 aliphatic rings. The molecule has 2 N–H and O–H groups in total. The molecule has 11 heteroatoms. The molecule has 202 valence electrons. The summed E-state index contributed by atoms with van der Waals surface area (Å²) in [6, 6.07) is 18.9. The van der Waals surface area contributed by atoms with Crippen LogP contribution in [0.15, 0.2) is 72.9 Å². The number of halogens is 1. The number of nitrogens with zero attached hydrogens (tertiary/aromatic N) is 3. The van der Waals surface area contributed by atoms with Gasteiger partial charge in [-0.1, -0.05) is 6.07 Å². The third-order valence-corrected chi connectivity index (χ3v) is 7.64. The van der Waals surface area contributed by atoms with Crippen molar-refractivity contribution in [2.75, 3.05) is 23.0 Å². The second-order valence-electron chi connectivity index (χ2n) is 9.39. The Morgan fingerprint density at radius 3 is 2.41 bits per heavy atom. The third-order valence-electron chi connectivity index (χ3n) is 6.73. The fourth-order valence-corrected chi connectivity index (χ4v) is 6.05. The first-order valence-corrected chi connectivity index (χ1v) is 14.5. The first-order chi connectivity index (χ1) is 18.6. The molecule has 2 aromatic heterocycles. The fourth-order valence-electron chi connectivity index (χ4n) is 5.14. The number of thiocarbonyl (C=S) groups is 1. The van der Waals surface area contributed by atoms with Crippen LogP contribution in [0.5, 0.6) is 5.75 Å². The number of nitrogens with one attached hydrogen (secondary N) is 2. The minimum absolute atomic E-state index is 0.277. The van der Waals surface area contributed by atoms with Crippen molar-refractivity contribution in [2.45, 2.75) is 25.9 Å². The predicted octanol–water partition coefficient (Wildman–Crippen LogP) is 5.19. The minimum atomic E-state index is -3.50. The molecular weight excluding hydrogens is 537 g/mol. The molecule has 2 aromatic carbocycles. The quantitative estimate of drug-likeness (QED) is 0.298. The predicted molar refractivity (Wildman–Crippen MR) is 155 cm³/mol. The van der Waals surface area contributed by atoms with E-state index in [1.165, 1.54) is 19.2 Å². The van der Waals surface area contributed by atoms with E-state index >= 15 is 0 Å². The summed E-state index contributed by atoms with van der Waals surface area (Å²) in [6.45, 7) is 4.04. The Kier molecular flexibility index (Phi) is 7.04. The van der Waals surface area contributed by atoms with Crippen LogP contribution in [0.4, 0.5) is 15.8 Å². The lowest BCUT2D eigenvalue weighted by Crippen LogP contribution is -2.29. The van der Waals surface area contributed by atoms with Gasteiger partial charge in [-0.3, -0.25) is 9.71 Å². The summed E-state index contributed by atoms with van der Waals surface area (Å²) >= 11 is 5.85. The number of anilines is 2. The van der Waals surface area contributed by atoms with Crippen LogP contribution in [-0.4, -0.2) is 36.4 Å². The lowest BCUT2D eigenvalue weighted by Gasteiger charge is -2.29. The van der Waals surface area contributed by atoms with Gasteiger partial charge in [0.1, 0.15) is 11.6 Å². The van der Waals surface area contributed by atoms with E-state index in [9.17, 15) is 12.8 Å². The Labute approximate surface area is 232 Å². The van der Waals surface area contributed by atoms with Gasteiger partial charge in [-0.05, 0) is 86.2 Å². The zero-order chi connectivity index (χ0) is 27.9. The largest absolute Gasteiger partial charge is 0.494 e. The molecule has 2 unspecified atom stereocenters. The summed E-state index contributed by atoms with van der Waals surface area (Å²) < 4.78 is 47.5. The van der Waals surface area contributed by atoms with Crippen molar-refractivity contribution in [2.24, 2.45) is 0 Å². The van der Waals surface area contributed by atoms with Crippen molar-refractivity contribution >= 4 is 38.7 Å². The zero-order valence-electron chi connectivity index (χ0n) is 21.8. The number of pyridine rings is 1.